The summed E-state index contributed by atoms with van der Waals surface area (Å²) in [4.78, 5) is 11.4. The van der Waals surface area contributed by atoms with Crippen LogP contribution in [-0.4, -0.2) is 25.5 Å². The van der Waals surface area contributed by atoms with Crippen LogP contribution in [0.3, 0.4) is 0 Å². The Kier molecular flexibility index (Phi) is 2.30. The second-order valence-electron chi connectivity index (χ2n) is 3.88. The minimum atomic E-state index is 0.240. The van der Waals surface area contributed by atoms with Crippen molar-refractivity contribution in [2.24, 2.45) is 11.8 Å². The summed E-state index contributed by atoms with van der Waals surface area (Å²) in [6, 6.07) is 0. The van der Waals surface area contributed by atoms with Crippen molar-refractivity contribution in [3.8, 4) is 0 Å². The molecule has 68 valence electrons. The lowest BCUT2D eigenvalue weighted by Gasteiger charge is -2.08. The molecule has 1 aliphatic heterocycles. The zero-order chi connectivity index (χ0) is 8.39. The van der Waals surface area contributed by atoms with Gasteiger partial charge in [-0.2, -0.15) is 0 Å². The van der Waals surface area contributed by atoms with Gasteiger partial charge in [-0.15, -0.1) is 0 Å². The Morgan fingerprint density at radius 2 is 2.25 bits per heavy atom. The average molecular weight is 168 g/mol. The van der Waals surface area contributed by atoms with Crippen molar-refractivity contribution in [3.63, 3.8) is 0 Å². The van der Waals surface area contributed by atoms with Crippen molar-refractivity contribution in [1.29, 1.82) is 0 Å². The third kappa shape index (κ3) is 1.97. The van der Waals surface area contributed by atoms with Crippen molar-refractivity contribution in [1.82, 2.24) is 10.6 Å². The molecular formula is C9H16N2O. The molecule has 1 atom stereocenters. The molecule has 2 N–H and O–H groups in total. The molecule has 2 rings (SSSR count). The third-order valence-corrected chi connectivity index (χ3v) is 2.69. The first-order valence-electron chi connectivity index (χ1n) is 4.84. The van der Waals surface area contributed by atoms with Crippen molar-refractivity contribution in [3.05, 3.63) is 0 Å². The molecule has 0 spiro atoms. The number of amides is 1. The van der Waals surface area contributed by atoms with Gasteiger partial charge in [-0.05, 0) is 31.7 Å². The first kappa shape index (κ1) is 8.05. The highest BCUT2D eigenvalue weighted by atomic mass is 16.1. The van der Waals surface area contributed by atoms with E-state index in [0.29, 0.717) is 0 Å². The van der Waals surface area contributed by atoms with E-state index >= 15 is 0 Å². The molecule has 2 fully saturated rings. The van der Waals surface area contributed by atoms with Crippen LogP contribution in [-0.2, 0) is 4.79 Å². The predicted octanol–water partition coefficient (Wildman–Crippen LogP) is 0.122. The van der Waals surface area contributed by atoms with E-state index in [4.69, 9.17) is 0 Å². The minimum Gasteiger partial charge on any atom is -0.356 e. The summed E-state index contributed by atoms with van der Waals surface area (Å²) in [6.45, 7) is 2.79. The van der Waals surface area contributed by atoms with Gasteiger partial charge in [0.05, 0.1) is 5.92 Å². The van der Waals surface area contributed by atoms with E-state index in [1.807, 2.05) is 0 Å². The maximum atomic E-state index is 11.4. The Bertz CT molecular complexity index is 171. The zero-order valence-electron chi connectivity index (χ0n) is 7.31. The molecule has 0 unspecified atom stereocenters. The molecule has 12 heavy (non-hydrogen) atoms. The topological polar surface area (TPSA) is 41.1 Å². The Labute approximate surface area is 72.9 Å². The zero-order valence-corrected chi connectivity index (χ0v) is 7.31. The summed E-state index contributed by atoms with van der Waals surface area (Å²) in [5.41, 5.74) is 0. The normalized spacial score (nSPS) is 28.8. The lowest BCUT2D eigenvalue weighted by atomic mass is 10.1. The van der Waals surface area contributed by atoms with Crippen LogP contribution in [0.15, 0.2) is 0 Å². The lowest BCUT2D eigenvalue weighted by Crippen LogP contribution is -2.33. The molecule has 0 aromatic heterocycles. The van der Waals surface area contributed by atoms with Crippen LogP contribution < -0.4 is 10.6 Å². The molecule has 3 heteroatoms. The van der Waals surface area contributed by atoms with E-state index in [1.54, 1.807) is 0 Å². The molecule has 1 amide bonds. The first-order chi connectivity index (χ1) is 5.86. The molecule has 1 saturated heterocycles. The highest BCUT2D eigenvalue weighted by Gasteiger charge is 2.25. The van der Waals surface area contributed by atoms with Crippen LogP contribution in [0.1, 0.15) is 19.3 Å². The van der Waals surface area contributed by atoms with E-state index in [2.05, 4.69) is 10.6 Å². The van der Waals surface area contributed by atoms with E-state index in [0.717, 1.165) is 32.0 Å². The van der Waals surface area contributed by atoms with Crippen molar-refractivity contribution < 1.29 is 4.79 Å². The summed E-state index contributed by atoms with van der Waals surface area (Å²) in [5.74, 6) is 1.29. The number of hydrogen-bond acceptors (Lipinski definition) is 2. The number of hydrogen-bond donors (Lipinski definition) is 2. The van der Waals surface area contributed by atoms with Crippen LogP contribution in [0.5, 0.6) is 0 Å². The molecule has 0 radical (unpaired) electrons. The Hall–Kier alpha value is -0.570. The van der Waals surface area contributed by atoms with Gasteiger partial charge in [0.15, 0.2) is 0 Å². The number of rotatable bonds is 3. The fourth-order valence-corrected chi connectivity index (χ4v) is 1.59. The largest absolute Gasteiger partial charge is 0.356 e. The van der Waals surface area contributed by atoms with Gasteiger partial charge in [-0.1, -0.05) is 0 Å². The highest BCUT2D eigenvalue weighted by molar-refractivity contribution is 5.79. The fourth-order valence-electron chi connectivity index (χ4n) is 1.59. The van der Waals surface area contributed by atoms with E-state index in [-0.39, 0.29) is 11.8 Å². The molecule has 1 aliphatic carbocycles. The minimum absolute atomic E-state index is 0.240. The molecule has 0 aromatic carbocycles. The Balaban J connectivity index is 1.67. The monoisotopic (exact) mass is 168 g/mol. The predicted molar refractivity (Wildman–Crippen MR) is 46.7 cm³/mol. The van der Waals surface area contributed by atoms with E-state index in [9.17, 15) is 4.79 Å². The van der Waals surface area contributed by atoms with Crippen molar-refractivity contribution >= 4 is 5.91 Å². The van der Waals surface area contributed by atoms with Gasteiger partial charge in [-0.25, -0.2) is 0 Å². The molecule has 1 heterocycles. The van der Waals surface area contributed by atoms with Crippen molar-refractivity contribution in [2.45, 2.75) is 19.3 Å². The third-order valence-electron chi connectivity index (χ3n) is 2.69. The summed E-state index contributed by atoms with van der Waals surface area (Å²) in [5, 5.41) is 6.20. The molecule has 3 nitrogen and oxygen atoms in total. The van der Waals surface area contributed by atoms with Crippen LogP contribution in [0.25, 0.3) is 0 Å². The maximum absolute atomic E-state index is 11.4. The number of nitrogens with one attached hydrogen (secondary N) is 2. The second-order valence-corrected chi connectivity index (χ2v) is 3.88. The summed E-state index contributed by atoms with van der Waals surface area (Å²) >= 11 is 0. The second kappa shape index (κ2) is 3.44. The van der Waals surface area contributed by atoms with Gasteiger partial charge >= 0.3 is 0 Å². The van der Waals surface area contributed by atoms with Gasteiger partial charge in [0, 0.05) is 13.1 Å². The van der Waals surface area contributed by atoms with Gasteiger partial charge < -0.3 is 10.6 Å². The van der Waals surface area contributed by atoms with Crippen LogP contribution in [0.2, 0.25) is 0 Å². The first-order valence-corrected chi connectivity index (χ1v) is 4.84. The van der Waals surface area contributed by atoms with Gasteiger partial charge in [0.25, 0.3) is 0 Å². The highest BCUT2D eigenvalue weighted by Crippen LogP contribution is 2.27. The van der Waals surface area contributed by atoms with Gasteiger partial charge in [0.2, 0.25) is 5.91 Å². The molecule has 2 aliphatic rings. The van der Waals surface area contributed by atoms with Crippen molar-refractivity contribution in [2.75, 3.05) is 19.6 Å². The molecular weight excluding hydrogens is 152 g/mol. The van der Waals surface area contributed by atoms with E-state index < -0.39 is 0 Å². The lowest BCUT2D eigenvalue weighted by molar-refractivity contribution is -0.124. The maximum Gasteiger partial charge on any atom is 0.224 e. The molecule has 1 saturated carbocycles. The van der Waals surface area contributed by atoms with Gasteiger partial charge in [-0.3, -0.25) is 4.79 Å². The van der Waals surface area contributed by atoms with Crippen LogP contribution in [0.4, 0.5) is 0 Å². The Morgan fingerprint density at radius 3 is 2.83 bits per heavy atom. The summed E-state index contributed by atoms with van der Waals surface area (Å²) in [6.07, 6.45) is 3.63. The Morgan fingerprint density at radius 1 is 1.42 bits per heavy atom. The smallest absolute Gasteiger partial charge is 0.224 e. The van der Waals surface area contributed by atoms with E-state index in [1.165, 1.54) is 12.8 Å². The molecule has 0 aromatic rings. The SMILES string of the molecule is O=C(NCC1CC1)[C@H]1CCNC1. The quantitative estimate of drug-likeness (QED) is 0.628. The van der Waals surface area contributed by atoms with Gasteiger partial charge in [0.1, 0.15) is 0 Å². The van der Waals surface area contributed by atoms with Crippen LogP contribution >= 0.6 is 0 Å². The number of carbonyl (C=O) groups excluding carboxylic acids is 1. The average Bonchev–Trinajstić information content (AvgIpc) is 2.74. The summed E-state index contributed by atoms with van der Waals surface area (Å²) in [7, 11) is 0. The fraction of sp³-hybridized carbons (Fsp3) is 0.889. The molecule has 0 bridgehead atoms. The van der Waals surface area contributed by atoms with Crippen LogP contribution in [0, 0.1) is 11.8 Å². The standard InChI is InChI=1S/C9H16N2O/c12-9(8-3-4-10-6-8)11-5-7-1-2-7/h7-8,10H,1-6H2,(H,11,12)/t8-/m0/s1. The summed E-state index contributed by atoms with van der Waals surface area (Å²) < 4.78 is 0. The number of carbonyl (C=O) groups is 1.